The SMILES string of the molecule is COc1cc(C)sc1C(=O)Nc1ccc(C(C)C(=O)O)cc1. The van der Waals surface area contributed by atoms with Crippen molar-refractivity contribution in [3.05, 3.63) is 45.6 Å². The van der Waals surface area contributed by atoms with Crippen LogP contribution in [-0.2, 0) is 4.79 Å². The van der Waals surface area contributed by atoms with Gasteiger partial charge in [0.2, 0.25) is 0 Å². The zero-order valence-corrected chi connectivity index (χ0v) is 13.4. The summed E-state index contributed by atoms with van der Waals surface area (Å²) >= 11 is 1.36. The van der Waals surface area contributed by atoms with Crippen LogP contribution in [0, 0.1) is 6.92 Å². The van der Waals surface area contributed by atoms with E-state index in [9.17, 15) is 9.59 Å². The van der Waals surface area contributed by atoms with Crippen LogP contribution in [0.1, 0.15) is 33.0 Å². The summed E-state index contributed by atoms with van der Waals surface area (Å²) in [5.74, 6) is -1.15. The van der Waals surface area contributed by atoms with Crippen LogP contribution in [0.5, 0.6) is 5.75 Å². The maximum Gasteiger partial charge on any atom is 0.310 e. The van der Waals surface area contributed by atoms with E-state index < -0.39 is 11.9 Å². The summed E-state index contributed by atoms with van der Waals surface area (Å²) in [6, 6.07) is 8.60. The number of carbonyl (C=O) groups is 2. The minimum Gasteiger partial charge on any atom is -0.495 e. The summed E-state index contributed by atoms with van der Waals surface area (Å²) in [5.41, 5.74) is 1.30. The highest BCUT2D eigenvalue weighted by Gasteiger charge is 2.17. The Hall–Kier alpha value is -2.34. The van der Waals surface area contributed by atoms with Gasteiger partial charge in [-0.2, -0.15) is 0 Å². The fraction of sp³-hybridized carbons (Fsp3) is 0.250. The topological polar surface area (TPSA) is 75.6 Å². The Labute approximate surface area is 132 Å². The van der Waals surface area contributed by atoms with E-state index in [0.717, 1.165) is 4.88 Å². The average molecular weight is 319 g/mol. The number of anilines is 1. The Kier molecular flexibility index (Phi) is 4.82. The van der Waals surface area contributed by atoms with Gasteiger partial charge in [-0.1, -0.05) is 12.1 Å². The largest absolute Gasteiger partial charge is 0.495 e. The molecule has 2 aromatic rings. The van der Waals surface area contributed by atoms with Gasteiger partial charge in [0, 0.05) is 10.6 Å². The second-order valence-corrected chi connectivity index (χ2v) is 6.15. The number of carboxylic acids is 1. The Morgan fingerprint density at radius 3 is 2.45 bits per heavy atom. The minimum atomic E-state index is -0.879. The van der Waals surface area contributed by atoms with Crippen molar-refractivity contribution in [3.63, 3.8) is 0 Å². The molecule has 0 saturated carbocycles. The number of rotatable bonds is 5. The average Bonchev–Trinajstić information content (AvgIpc) is 2.88. The molecule has 0 bridgehead atoms. The van der Waals surface area contributed by atoms with E-state index in [1.807, 2.05) is 13.0 Å². The van der Waals surface area contributed by atoms with Crippen molar-refractivity contribution in [2.75, 3.05) is 12.4 Å². The third-order valence-electron chi connectivity index (χ3n) is 3.29. The predicted octanol–water partition coefficient (Wildman–Crippen LogP) is 3.51. The maximum absolute atomic E-state index is 12.3. The first kappa shape index (κ1) is 16.0. The van der Waals surface area contributed by atoms with Gasteiger partial charge in [-0.05, 0) is 37.6 Å². The number of carbonyl (C=O) groups excluding carboxylic acids is 1. The molecule has 1 unspecified atom stereocenters. The summed E-state index contributed by atoms with van der Waals surface area (Å²) in [6.45, 7) is 3.53. The van der Waals surface area contributed by atoms with Crippen molar-refractivity contribution < 1.29 is 19.4 Å². The molecular weight excluding hydrogens is 302 g/mol. The summed E-state index contributed by atoms with van der Waals surface area (Å²) in [6.07, 6.45) is 0. The zero-order chi connectivity index (χ0) is 16.3. The standard InChI is InChI=1S/C16H17NO4S/c1-9-8-13(21-3)14(22-9)15(18)17-12-6-4-11(5-7-12)10(2)16(19)20/h4-8,10H,1-3H3,(H,17,18)(H,19,20). The molecule has 1 aromatic carbocycles. The second-order valence-electron chi connectivity index (χ2n) is 4.89. The van der Waals surface area contributed by atoms with Gasteiger partial charge in [0.1, 0.15) is 10.6 Å². The quantitative estimate of drug-likeness (QED) is 0.884. The molecule has 0 radical (unpaired) electrons. The number of methoxy groups -OCH3 is 1. The lowest BCUT2D eigenvalue weighted by Crippen LogP contribution is -2.12. The lowest BCUT2D eigenvalue weighted by atomic mass is 10.0. The first-order valence-corrected chi connectivity index (χ1v) is 7.52. The van der Waals surface area contributed by atoms with Crippen LogP contribution in [0.3, 0.4) is 0 Å². The van der Waals surface area contributed by atoms with E-state index in [1.54, 1.807) is 31.2 Å². The molecule has 1 aromatic heterocycles. The van der Waals surface area contributed by atoms with Gasteiger partial charge >= 0.3 is 5.97 Å². The number of ether oxygens (including phenoxy) is 1. The summed E-state index contributed by atoms with van der Waals surface area (Å²) in [5, 5.41) is 11.8. The predicted molar refractivity (Wildman–Crippen MR) is 86.1 cm³/mol. The van der Waals surface area contributed by atoms with Crippen LogP contribution in [0.15, 0.2) is 30.3 Å². The summed E-state index contributed by atoms with van der Waals surface area (Å²) in [4.78, 5) is 24.7. The number of aliphatic carboxylic acids is 1. The van der Waals surface area contributed by atoms with Gasteiger partial charge in [0.05, 0.1) is 13.0 Å². The molecule has 2 rings (SSSR count). The van der Waals surface area contributed by atoms with Crippen LogP contribution in [-0.4, -0.2) is 24.1 Å². The third-order valence-corrected chi connectivity index (χ3v) is 4.32. The molecule has 0 aliphatic rings. The van der Waals surface area contributed by atoms with Crippen LogP contribution < -0.4 is 10.1 Å². The molecule has 1 atom stereocenters. The van der Waals surface area contributed by atoms with E-state index in [0.29, 0.717) is 21.9 Å². The number of amides is 1. The van der Waals surface area contributed by atoms with Crippen molar-refractivity contribution in [1.82, 2.24) is 0 Å². The lowest BCUT2D eigenvalue weighted by Gasteiger charge is -2.09. The molecule has 0 spiro atoms. The Balaban J connectivity index is 2.13. The van der Waals surface area contributed by atoms with Crippen LogP contribution in [0.25, 0.3) is 0 Å². The molecule has 116 valence electrons. The van der Waals surface area contributed by atoms with Crippen molar-refractivity contribution in [2.24, 2.45) is 0 Å². The Bertz CT molecular complexity index is 691. The molecule has 2 N–H and O–H groups in total. The fourth-order valence-corrected chi connectivity index (χ4v) is 2.86. The molecule has 1 heterocycles. The van der Waals surface area contributed by atoms with Gasteiger partial charge in [-0.15, -0.1) is 11.3 Å². The van der Waals surface area contributed by atoms with Gasteiger partial charge in [-0.25, -0.2) is 0 Å². The first-order chi connectivity index (χ1) is 10.4. The Morgan fingerprint density at radius 1 is 1.27 bits per heavy atom. The van der Waals surface area contributed by atoms with Crippen molar-refractivity contribution in [1.29, 1.82) is 0 Å². The van der Waals surface area contributed by atoms with Crippen LogP contribution in [0.4, 0.5) is 5.69 Å². The van der Waals surface area contributed by atoms with Crippen molar-refractivity contribution >= 4 is 28.9 Å². The summed E-state index contributed by atoms with van der Waals surface area (Å²) in [7, 11) is 1.53. The highest BCUT2D eigenvalue weighted by atomic mass is 32.1. The molecule has 0 fully saturated rings. The number of aryl methyl sites for hydroxylation is 1. The van der Waals surface area contributed by atoms with E-state index >= 15 is 0 Å². The smallest absolute Gasteiger partial charge is 0.310 e. The number of nitrogens with one attached hydrogen (secondary N) is 1. The molecule has 5 nitrogen and oxygen atoms in total. The molecule has 22 heavy (non-hydrogen) atoms. The van der Waals surface area contributed by atoms with Crippen molar-refractivity contribution in [3.8, 4) is 5.75 Å². The van der Waals surface area contributed by atoms with E-state index in [1.165, 1.54) is 18.4 Å². The van der Waals surface area contributed by atoms with Crippen molar-refractivity contribution in [2.45, 2.75) is 19.8 Å². The van der Waals surface area contributed by atoms with Crippen LogP contribution >= 0.6 is 11.3 Å². The molecule has 6 heteroatoms. The number of benzene rings is 1. The van der Waals surface area contributed by atoms with Gasteiger partial charge in [-0.3, -0.25) is 9.59 Å². The third kappa shape index (κ3) is 3.46. The van der Waals surface area contributed by atoms with Gasteiger partial charge < -0.3 is 15.2 Å². The number of thiophene rings is 1. The van der Waals surface area contributed by atoms with E-state index in [2.05, 4.69) is 5.32 Å². The van der Waals surface area contributed by atoms with E-state index in [4.69, 9.17) is 9.84 Å². The first-order valence-electron chi connectivity index (χ1n) is 6.71. The number of hydrogen-bond acceptors (Lipinski definition) is 4. The fourth-order valence-electron chi connectivity index (χ4n) is 1.99. The normalized spacial score (nSPS) is 11.8. The number of hydrogen-bond donors (Lipinski definition) is 2. The molecule has 1 amide bonds. The second kappa shape index (κ2) is 6.62. The lowest BCUT2D eigenvalue weighted by molar-refractivity contribution is -0.138. The van der Waals surface area contributed by atoms with Gasteiger partial charge in [0.15, 0.2) is 0 Å². The summed E-state index contributed by atoms with van der Waals surface area (Å²) < 4.78 is 5.19. The minimum absolute atomic E-state index is 0.242. The van der Waals surface area contributed by atoms with Crippen LogP contribution in [0.2, 0.25) is 0 Å². The molecule has 0 aliphatic carbocycles. The highest BCUT2D eigenvalue weighted by molar-refractivity contribution is 7.14. The zero-order valence-electron chi connectivity index (χ0n) is 12.5. The molecular formula is C16H17NO4S. The van der Waals surface area contributed by atoms with Gasteiger partial charge in [0.25, 0.3) is 5.91 Å². The van der Waals surface area contributed by atoms with E-state index in [-0.39, 0.29) is 5.91 Å². The number of carboxylic acid groups (broad SMARTS) is 1. The highest BCUT2D eigenvalue weighted by Crippen LogP contribution is 2.29. The monoisotopic (exact) mass is 319 g/mol. The Morgan fingerprint density at radius 2 is 1.91 bits per heavy atom. The maximum atomic E-state index is 12.3. The molecule has 0 aliphatic heterocycles. The molecule has 0 saturated heterocycles.